The Hall–Kier alpha value is -2.59. The van der Waals surface area contributed by atoms with E-state index in [1.54, 1.807) is 4.90 Å². The van der Waals surface area contributed by atoms with Crippen molar-refractivity contribution in [2.24, 2.45) is 0 Å². The molecule has 3 rings (SSSR count). The zero-order valence-corrected chi connectivity index (χ0v) is 14.3. The minimum absolute atomic E-state index is 0.0765. The van der Waals surface area contributed by atoms with Crippen LogP contribution in [0.15, 0.2) is 48.5 Å². The molecule has 124 valence electrons. The third-order valence-corrected chi connectivity index (χ3v) is 4.13. The van der Waals surface area contributed by atoms with Gasteiger partial charge >= 0.3 is 6.03 Å². The standard InChI is InChI=1S/C20H23N3O/c1-22(2)15-7-14-21-20(24)23-18-10-5-3-8-16(18)12-13-17-9-4-6-11-19(17)23/h3-6,8-13H,7,14-15H2,1-2H3,(H,21,24)/p+1. The van der Waals surface area contributed by atoms with Gasteiger partial charge in [0.25, 0.3) is 0 Å². The number of hydrogen-bond acceptors (Lipinski definition) is 1. The van der Waals surface area contributed by atoms with Gasteiger partial charge in [-0.3, -0.25) is 4.90 Å². The lowest BCUT2D eigenvalue weighted by Crippen LogP contribution is -3.05. The number of fused-ring (bicyclic) bond motifs is 2. The van der Waals surface area contributed by atoms with E-state index in [9.17, 15) is 4.79 Å². The number of quaternary nitrogens is 1. The van der Waals surface area contributed by atoms with Crippen LogP contribution >= 0.6 is 0 Å². The van der Waals surface area contributed by atoms with Crippen molar-refractivity contribution in [1.82, 2.24) is 5.32 Å². The normalized spacial score (nSPS) is 12.5. The quantitative estimate of drug-likeness (QED) is 0.834. The number of carbonyl (C=O) groups is 1. The second-order valence-corrected chi connectivity index (χ2v) is 6.33. The highest BCUT2D eigenvalue weighted by atomic mass is 16.2. The van der Waals surface area contributed by atoms with E-state index in [1.165, 1.54) is 4.90 Å². The van der Waals surface area contributed by atoms with Gasteiger partial charge in [-0.2, -0.15) is 0 Å². The van der Waals surface area contributed by atoms with Gasteiger partial charge in [0.1, 0.15) is 0 Å². The Labute approximate surface area is 143 Å². The van der Waals surface area contributed by atoms with Crippen molar-refractivity contribution >= 4 is 29.6 Å². The van der Waals surface area contributed by atoms with E-state index in [1.807, 2.05) is 48.5 Å². The number of nitrogens with zero attached hydrogens (tertiary/aromatic N) is 1. The maximum atomic E-state index is 12.9. The Morgan fingerprint density at radius 3 is 2.04 bits per heavy atom. The van der Waals surface area contributed by atoms with Crippen LogP contribution in [0.25, 0.3) is 12.2 Å². The fourth-order valence-electron chi connectivity index (χ4n) is 2.91. The van der Waals surface area contributed by atoms with Crippen molar-refractivity contribution in [3.05, 3.63) is 59.7 Å². The molecule has 0 radical (unpaired) electrons. The lowest BCUT2D eigenvalue weighted by Gasteiger charge is -2.25. The summed E-state index contributed by atoms with van der Waals surface area (Å²) < 4.78 is 0. The van der Waals surface area contributed by atoms with E-state index >= 15 is 0 Å². The molecule has 1 aliphatic rings. The molecule has 2 amide bonds. The van der Waals surface area contributed by atoms with Crippen LogP contribution in [0.2, 0.25) is 0 Å². The Morgan fingerprint density at radius 1 is 0.958 bits per heavy atom. The molecule has 4 heteroatoms. The fourth-order valence-corrected chi connectivity index (χ4v) is 2.91. The van der Waals surface area contributed by atoms with Crippen LogP contribution in [0.4, 0.5) is 16.2 Å². The summed E-state index contributed by atoms with van der Waals surface area (Å²) in [4.78, 5) is 16.1. The van der Waals surface area contributed by atoms with Gasteiger partial charge in [0.05, 0.1) is 32.0 Å². The van der Waals surface area contributed by atoms with Crippen molar-refractivity contribution in [2.75, 3.05) is 32.1 Å². The largest absolute Gasteiger partial charge is 0.340 e. The summed E-state index contributed by atoms with van der Waals surface area (Å²) >= 11 is 0. The predicted octanol–water partition coefficient (Wildman–Crippen LogP) is 2.55. The Balaban J connectivity index is 1.88. The summed E-state index contributed by atoms with van der Waals surface area (Å²) in [5.74, 6) is 0. The molecule has 0 aromatic heterocycles. The van der Waals surface area contributed by atoms with Gasteiger partial charge in [0.15, 0.2) is 0 Å². The van der Waals surface area contributed by atoms with E-state index in [2.05, 4.69) is 31.6 Å². The first-order valence-electron chi connectivity index (χ1n) is 8.40. The number of para-hydroxylation sites is 2. The van der Waals surface area contributed by atoms with Gasteiger partial charge in [-0.25, -0.2) is 4.79 Å². The third kappa shape index (κ3) is 3.49. The molecule has 0 unspecified atom stereocenters. The topological polar surface area (TPSA) is 36.8 Å². The number of urea groups is 1. The van der Waals surface area contributed by atoms with Crippen LogP contribution in [0.5, 0.6) is 0 Å². The van der Waals surface area contributed by atoms with Crippen LogP contribution in [-0.4, -0.2) is 33.2 Å². The summed E-state index contributed by atoms with van der Waals surface area (Å²) in [6.45, 7) is 1.72. The lowest BCUT2D eigenvalue weighted by atomic mass is 10.1. The van der Waals surface area contributed by atoms with E-state index in [0.29, 0.717) is 6.54 Å². The van der Waals surface area contributed by atoms with Crippen LogP contribution in [-0.2, 0) is 0 Å². The molecule has 0 aliphatic carbocycles. The first kappa shape index (κ1) is 16.3. The van der Waals surface area contributed by atoms with E-state index < -0.39 is 0 Å². The van der Waals surface area contributed by atoms with Gasteiger partial charge in [-0.15, -0.1) is 0 Å². The van der Waals surface area contributed by atoms with Crippen molar-refractivity contribution in [3.8, 4) is 0 Å². The number of carbonyl (C=O) groups excluding carboxylic acids is 1. The maximum absolute atomic E-state index is 12.9. The maximum Gasteiger partial charge on any atom is 0.326 e. The summed E-state index contributed by atoms with van der Waals surface area (Å²) in [6, 6.07) is 15.9. The predicted molar refractivity (Wildman–Crippen MR) is 99.6 cm³/mol. The smallest absolute Gasteiger partial charge is 0.326 e. The SMILES string of the molecule is C[NH+](C)CCCNC(=O)N1c2ccccc2C=Cc2ccccc21. The number of nitrogens with one attached hydrogen (secondary N) is 2. The minimum atomic E-state index is -0.0765. The van der Waals surface area contributed by atoms with Crippen LogP contribution in [0.1, 0.15) is 17.5 Å². The molecule has 0 saturated heterocycles. The van der Waals surface area contributed by atoms with Crippen LogP contribution < -0.4 is 15.1 Å². The van der Waals surface area contributed by atoms with Crippen molar-refractivity contribution < 1.29 is 9.69 Å². The van der Waals surface area contributed by atoms with Crippen molar-refractivity contribution in [2.45, 2.75) is 6.42 Å². The molecule has 1 heterocycles. The van der Waals surface area contributed by atoms with Crippen molar-refractivity contribution in [1.29, 1.82) is 0 Å². The zero-order chi connectivity index (χ0) is 16.9. The van der Waals surface area contributed by atoms with Gasteiger partial charge < -0.3 is 10.2 Å². The molecule has 2 aromatic rings. The first-order valence-corrected chi connectivity index (χ1v) is 8.40. The number of anilines is 2. The second-order valence-electron chi connectivity index (χ2n) is 6.33. The minimum Gasteiger partial charge on any atom is -0.340 e. The molecule has 0 fully saturated rings. The van der Waals surface area contributed by atoms with Gasteiger partial charge in [0.2, 0.25) is 0 Å². The molecule has 4 nitrogen and oxygen atoms in total. The molecule has 1 aliphatic heterocycles. The van der Waals surface area contributed by atoms with Crippen molar-refractivity contribution in [3.63, 3.8) is 0 Å². The average Bonchev–Trinajstić information content (AvgIpc) is 2.75. The van der Waals surface area contributed by atoms with Gasteiger partial charge in [0, 0.05) is 13.0 Å². The molecular formula is C20H24N3O+. The summed E-state index contributed by atoms with van der Waals surface area (Å²) in [6.07, 6.45) is 5.09. The average molecular weight is 322 g/mol. The Morgan fingerprint density at radius 2 is 1.50 bits per heavy atom. The van der Waals surface area contributed by atoms with E-state index in [0.717, 1.165) is 35.5 Å². The second kappa shape index (κ2) is 7.32. The molecule has 2 N–H and O–H groups in total. The number of hydrogen-bond donors (Lipinski definition) is 2. The molecule has 0 bridgehead atoms. The number of rotatable bonds is 4. The highest BCUT2D eigenvalue weighted by Crippen LogP contribution is 2.35. The summed E-state index contributed by atoms with van der Waals surface area (Å²) in [5, 5.41) is 3.06. The Kier molecular flexibility index (Phi) is 4.96. The highest BCUT2D eigenvalue weighted by Gasteiger charge is 2.23. The third-order valence-electron chi connectivity index (χ3n) is 4.13. The lowest BCUT2D eigenvalue weighted by molar-refractivity contribution is -0.858. The highest BCUT2D eigenvalue weighted by molar-refractivity contribution is 6.05. The molecule has 2 aromatic carbocycles. The fraction of sp³-hybridized carbons (Fsp3) is 0.250. The first-order chi connectivity index (χ1) is 11.7. The molecule has 0 atom stereocenters. The van der Waals surface area contributed by atoms with Gasteiger partial charge in [-0.05, 0) is 23.3 Å². The van der Waals surface area contributed by atoms with E-state index in [4.69, 9.17) is 0 Å². The van der Waals surface area contributed by atoms with Crippen LogP contribution in [0, 0.1) is 0 Å². The number of benzene rings is 2. The zero-order valence-electron chi connectivity index (χ0n) is 14.3. The molecule has 0 saturated carbocycles. The summed E-state index contributed by atoms with van der Waals surface area (Å²) in [7, 11) is 4.24. The molecular weight excluding hydrogens is 298 g/mol. The number of amides is 2. The Bertz CT molecular complexity index is 703. The van der Waals surface area contributed by atoms with Crippen LogP contribution in [0.3, 0.4) is 0 Å². The monoisotopic (exact) mass is 322 g/mol. The molecule has 0 spiro atoms. The summed E-state index contributed by atoms with van der Waals surface area (Å²) in [5.41, 5.74) is 3.91. The van der Waals surface area contributed by atoms with E-state index in [-0.39, 0.29) is 6.03 Å². The molecule has 24 heavy (non-hydrogen) atoms. The van der Waals surface area contributed by atoms with Gasteiger partial charge in [-0.1, -0.05) is 48.6 Å².